The number of nitriles is 1. The molecule has 1 aliphatic rings. The van der Waals surface area contributed by atoms with Crippen molar-refractivity contribution in [3.63, 3.8) is 0 Å². The Morgan fingerprint density at radius 3 is 2.25 bits per heavy atom. The highest BCUT2D eigenvalue weighted by molar-refractivity contribution is 6.07. The van der Waals surface area contributed by atoms with Crippen LogP contribution in [0.15, 0.2) is 30.0 Å². The Hall–Kier alpha value is -3.01. The fourth-order valence-electron chi connectivity index (χ4n) is 3.15. The Morgan fingerprint density at radius 1 is 1.14 bits per heavy atom. The Labute approximate surface area is 166 Å². The van der Waals surface area contributed by atoms with E-state index >= 15 is 0 Å². The van der Waals surface area contributed by atoms with Gasteiger partial charge in [-0.05, 0) is 30.9 Å². The van der Waals surface area contributed by atoms with Gasteiger partial charge >= 0.3 is 6.09 Å². The van der Waals surface area contributed by atoms with Crippen molar-refractivity contribution in [1.29, 1.82) is 5.26 Å². The van der Waals surface area contributed by atoms with Crippen LogP contribution in [0.3, 0.4) is 0 Å². The topological polar surface area (TPSA) is 85.7 Å². The molecule has 0 aliphatic carbocycles. The Kier molecular flexibility index (Phi) is 7.88. The van der Waals surface area contributed by atoms with Crippen LogP contribution in [0, 0.1) is 11.3 Å². The van der Waals surface area contributed by atoms with E-state index in [2.05, 4.69) is 5.32 Å². The number of nitrogens with zero attached hydrogens (tertiary/aromatic N) is 3. The van der Waals surface area contributed by atoms with Gasteiger partial charge in [0.2, 0.25) is 0 Å². The zero-order valence-corrected chi connectivity index (χ0v) is 16.8. The molecule has 7 heteroatoms. The molecule has 0 atom stereocenters. The van der Waals surface area contributed by atoms with Gasteiger partial charge in [-0.1, -0.05) is 32.0 Å². The maximum atomic E-state index is 12.7. The van der Waals surface area contributed by atoms with Gasteiger partial charge < -0.3 is 19.9 Å². The van der Waals surface area contributed by atoms with E-state index in [1.807, 2.05) is 43.0 Å². The lowest BCUT2D eigenvalue weighted by molar-refractivity contribution is -0.112. The molecule has 1 fully saturated rings. The second kappa shape index (κ2) is 10.4. The second-order valence-electron chi connectivity index (χ2n) is 6.49. The minimum absolute atomic E-state index is 0.0533. The number of rotatable bonds is 6. The monoisotopic (exact) mass is 384 g/mol. The predicted octanol–water partition coefficient (Wildman–Crippen LogP) is 2.93. The fraction of sp³-hybridized carbons (Fsp3) is 0.476. The highest BCUT2D eigenvalue weighted by Crippen LogP contribution is 2.23. The molecule has 1 aromatic carbocycles. The molecule has 0 unspecified atom stereocenters. The first-order chi connectivity index (χ1) is 13.5. The van der Waals surface area contributed by atoms with Gasteiger partial charge in [-0.15, -0.1) is 0 Å². The van der Waals surface area contributed by atoms with Gasteiger partial charge in [0.25, 0.3) is 5.91 Å². The summed E-state index contributed by atoms with van der Waals surface area (Å²) in [7, 11) is 0. The molecule has 7 nitrogen and oxygen atoms in total. The second-order valence-corrected chi connectivity index (χ2v) is 6.49. The number of nitrogens with one attached hydrogen (secondary N) is 1. The molecule has 1 aliphatic heterocycles. The highest BCUT2D eigenvalue weighted by atomic mass is 16.6. The first-order valence-electron chi connectivity index (χ1n) is 9.73. The molecule has 1 heterocycles. The van der Waals surface area contributed by atoms with Crippen LogP contribution in [-0.4, -0.2) is 54.6 Å². The van der Waals surface area contributed by atoms with E-state index in [-0.39, 0.29) is 11.7 Å². The van der Waals surface area contributed by atoms with Gasteiger partial charge in [-0.25, -0.2) is 4.79 Å². The molecule has 1 aromatic rings. The molecule has 0 spiro atoms. The summed E-state index contributed by atoms with van der Waals surface area (Å²) in [5, 5.41) is 12.4. The van der Waals surface area contributed by atoms with Crippen LogP contribution in [0.25, 0.3) is 0 Å². The molecule has 2 rings (SSSR count). The molecular weight excluding hydrogens is 356 g/mol. The first kappa shape index (κ1) is 21.3. The van der Waals surface area contributed by atoms with Crippen LogP contribution < -0.4 is 5.32 Å². The molecule has 0 aromatic heterocycles. The number of amides is 2. The number of piperazine rings is 1. The third kappa shape index (κ3) is 5.26. The maximum absolute atomic E-state index is 12.7. The largest absolute Gasteiger partial charge is 0.450 e. The van der Waals surface area contributed by atoms with Gasteiger partial charge in [-0.2, -0.15) is 5.26 Å². The lowest BCUT2D eigenvalue weighted by Crippen LogP contribution is -2.47. The summed E-state index contributed by atoms with van der Waals surface area (Å²) in [4.78, 5) is 28.0. The van der Waals surface area contributed by atoms with Crippen LogP contribution in [0.2, 0.25) is 0 Å². The van der Waals surface area contributed by atoms with Crippen molar-refractivity contribution in [2.45, 2.75) is 33.6 Å². The van der Waals surface area contributed by atoms with Crippen molar-refractivity contribution in [2.24, 2.45) is 0 Å². The molecule has 1 saturated heterocycles. The number of para-hydroxylation sites is 1. The SMILES string of the molecule is CCOC(=O)N1CCN(/C=C(/C#N)C(=O)Nc2c(CC)cccc2CC)CC1. The van der Waals surface area contributed by atoms with Gasteiger partial charge in [0.15, 0.2) is 0 Å². The Bertz CT molecular complexity index is 752. The van der Waals surface area contributed by atoms with Gasteiger partial charge in [0.05, 0.1) is 6.61 Å². The zero-order chi connectivity index (χ0) is 20.5. The molecular formula is C21H28N4O3. The van der Waals surface area contributed by atoms with E-state index in [0.29, 0.717) is 32.8 Å². The number of aryl methyl sites for hydroxylation is 2. The number of hydrogen-bond donors (Lipinski definition) is 1. The average Bonchev–Trinajstić information content (AvgIpc) is 2.72. The number of anilines is 1. The van der Waals surface area contributed by atoms with Crippen molar-refractivity contribution in [3.8, 4) is 6.07 Å². The minimum atomic E-state index is -0.411. The van der Waals surface area contributed by atoms with Crippen LogP contribution in [0.1, 0.15) is 31.9 Å². The smallest absolute Gasteiger partial charge is 0.409 e. The number of carbonyl (C=O) groups is 2. The Balaban J connectivity index is 2.07. The summed E-state index contributed by atoms with van der Waals surface area (Å²) in [6.45, 7) is 8.27. The standard InChI is InChI=1S/C21H28N4O3/c1-4-16-8-7-9-17(5-2)19(16)23-20(26)18(14-22)15-24-10-12-25(13-11-24)21(27)28-6-3/h7-9,15H,4-6,10-13H2,1-3H3,(H,23,26)/b18-15-. The van der Waals surface area contributed by atoms with Gasteiger partial charge in [-0.3, -0.25) is 4.79 Å². The van der Waals surface area contributed by atoms with Crippen LogP contribution in [-0.2, 0) is 22.4 Å². The third-order valence-electron chi connectivity index (χ3n) is 4.75. The third-order valence-corrected chi connectivity index (χ3v) is 4.75. The van der Waals surface area contributed by atoms with E-state index in [0.717, 1.165) is 29.7 Å². The molecule has 1 N–H and O–H groups in total. The number of benzene rings is 1. The van der Waals surface area contributed by atoms with Crippen molar-refractivity contribution in [1.82, 2.24) is 9.80 Å². The highest BCUT2D eigenvalue weighted by Gasteiger charge is 2.22. The van der Waals surface area contributed by atoms with Crippen molar-refractivity contribution in [3.05, 3.63) is 41.1 Å². The van der Waals surface area contributed by atoms with Crippen LogP contribution in [0.4, 0.5) is 10.5 Å². The molecule has 0 radical (unpaired) electrons. The first-order valence-corrected chi connectivity index (χ1v) is 9.73. The summed E-state index contributed by atoms with van der Waals surface area (Å²) < 4.78 is 5.00. The summed E-state index contributed by atoms with van der Waals surface area (Å²) in [5.74, 6) is -0.411. The summed E-state index contributed by atoms with van der Waals surface area (Å²) in [6, 6.07) is 7.95. The van der Waals surface area contributed by atoms with Gasteiger partial charge in [0.1, 0.15) is 11.6 Å². The number of carbonyl (C=O) groups excluding carboxylic acids is 2. The molecule has 2 amide bonds. The van der Waals surface area contributed by atoms with E-state index in [9.17, 15) is 14.9 Å². The minimum Gasteiger partial charge on any atom is -0.450 e. The summed E-state index contributed by atoms with van der Waals surface area (Å²) >= 11 is 0. The van der Waals surface area contributed by atoms with E-state index in [1.165, 1.54) is 0 Å². The normalized spacial score (nSPS) is 14.4. The predicted molar refractivity (Wildman–Crippen MR) is 108 cm³/mol. The van der Waals surface area contributed by atoms with Crippen molar-refractivity contribution < 1.29 is 14.3 Å². The number of ether oxygens (including phenoxy) is 1. The zero-order valence-electron chi connectivity index (χ0n) is 16.8. The van der Waals surface area contributed by atoms with E-state index < -0.39 is 5.91 Å². The molecule has 0 bridgehead atoms. The summed E-state index contributed by atoms with van der Waals surface area (Å²) in [5.41, 5.74) is 2.95. The van der Waals surface area contributed by atoms with E-state index in [1.54, 1.807) is 18.0 Å². The molecule has 0 saturated carbocycles. The van der Waals surface area contributed by atoms with Crippen LogP contribution in [0.5, 0.6) is 0 Å². The maximum Gasteiger partial charge on any atom is 0.409 e. The quantitative estimate of drug-likeness (QED) is 0.602. The van der Waals surface area contributed by atoms with Crippen molar-refractivity contribution >= 4 is 17.7 Å². The lowest BCUT2D eigenvalue weighted by atomic mass is 10.0. The Morgan fingerprint density at radius 2 is 1.75 bits per heavy atom. The van der Waals surface area contributed by atoms with Gasteiger partial charge in [0, 0.05) is 38.1 Å². The molecule has 28 heavy (non-hydrogen) atoms. The lowest BCUT2D eigenvalue weighted by Gasteiger charge is -2.33. The van der Waals surface area contributed by atoms with E-state index in [4.69, 9.17) is 4.74 Å². The van der Waals surface area contributed by atoms with Crippen molar-refractivity contribution in [2.75, 3.05) is 38.1 Å². The fourth-order valence-corrected chi connectivity index (χ4v) is 3.15. The summed E-state index contributed by atoms with van der Waals surface area (Å²) in [6.07, 6.45) is 2.85. The van der Waals surface area contributed by atoms with Crippen LogP contribution >= 0.6 is 0 Å². The number of hydrogen-bond acceptors (Lipinski definition) is 5. The average molecular weight is 384 g/mol. The molecule has 150 valence electrons.